The summed E-state index contributed by atoms with van der Waals surface area (Å²) >= 11 is 3.28. The van der Waals surface area contributed by atoms with Crippen LogP contribution in [0.4, 0.5) is 4.39 Å². The lowest BCUT2D eigenvalue weighted by atomic mass is 10.1. The third-order valence-electron chi connectivity index (χ3n) is 3.05. The molecule has 110 valence electrons. The zero-order chi connectivity index (χ0) is 15.6. The van der Waals surface area contributed by atoms with Crippen molar-refractivity contribution in [1.82, 2.24) is 15.3 Å². The maximum atomic E-state index is 13.7. The van der Waals surface area contributed by atoms with Crippen LogP contribution in [0.25, 0.3) is 11.3 Å². The number of aromatic nitrogens is 2. The van der Waals surface area contributed by atoms with Gasteiger partial charge in [0.15, 0.2) is 5.82 Å². The molecule has 0 bridgehead atoms. The number of H-pyrrole nitrogens is 1. The second-order valence-electron chi connectivity index (χ2n) is 4.90. The number of nitrogens with zero attached hydrogens (tertiary/aromatic N) is 1. The number of rotatable bonds is 4. The first-order valence-electron chi connectivity index (χ1n) is 6.38. The predicted molar refractivity (Wildman–Crippen MR) is 83.1 cm³/mol. The molecule has 0 saturated heterocycles. The van der Waals surface area contributed by atoms with Gasteiger partial charge in [-0.25, -0.2) is 4.39 Å². The molecule has 2 rings (SSSR count). The van der Waals surface area contributed by atoms with Gasteiger partial charge in [-0.1, -0.05) is 20.4 Å². The lowest BCUT2D eigenvalue weighted by molar-refractivity contribution is 0.0962. The summed E-state index contributed by atoms with van der Waals surface area (Å²) in [6.07, 6.45) is 2.62. The van der Waals surface area contributed by atoms with E-state index in [1.54, 1.807) is 12.1 Å². The summed E-state index contributed by atoms with van der Waals surface area (Å²) in [5.41, 5.74) is 1.88. The summed E-state index contributed by atoms with van der Waals surface area (Å²) in [5, 5.41) is 2.73. The maximum absolute atomic E-state index is 13.7. The average molecular weight is 352 g/mol. The summed E-state index contributed by atoms with van der Waals surface area (Å²) in [4.78, 5) is 18.8. The van der Waals surface area contributed by atoms with Crippen LogP contribution in [0.2, 0.25) is 0 Å². The third kappa shape index (κ3) is 3.39. The minimum atomic E-state index is -0.454. The molecule has 0 saturated carbocycles. The van der Waals surface area contributed by atoms with E-state index in [9.17, 15) is 9.18 Å². The Hall–Kier alpha value is -1.95. The number of pyridine rings is 1. The van der Waals surface area contributed by atoms with E-state index < -0.39 is 5.82 Å². The molecule has 0 unspecified atom stereocenters. The normalized spacial score (nSPS) is 10.7. The van der Waals surface area contributed by atoms with E-state index in [1.165, 1.54) is 6.20 Å². The molecule has 0 aromatic carbocycles. The molecular formula is C15H15BrFN3O. The molecule has 4 nitrogen and oxygen atoms in total. The zero-order valence-electron chi connectivity index (χ0n) is 11.7. The van der Waals surface area contributed by atoms with Crippen LogP contribution in [0.3, 0.4) is 0 Å². The lowest BCUT2D eigenvalue weighted by Crippen LogP contribution is -2.24. The summed E-state index contributed by atoms with van der Waals surface area (Å²) in [7, 11) is 0. The van der Waals surface area contributed by atoms with Crippen molar-refractivity contribution < 1.29 is 9.18 Å². The highest BCUT2D eigenvalue weighted by Crippen LogP contribution is 2.27. The van der Waals surface area contributed by atoms with Crippen LogP contribution in [0.1, 0.15) is 24.2 Å². The SMILES string of the molecule is C=C(NC(=O)c1cc(-c2ccncc2F)[nH]c1Br)C(C)C. The van der Waals surface area contributed by atoms with Crippen LogP contribution in [0.15, 0.2) is 41.4 Å². The highest BCUT2D eigenvalue weighted by molar-refractivity contribution is 9.10. The standard InChI is InChI=1S/C15H15BrFN3O/c1-8(2)9(3)19-15(21)11-6-13(20-14(11)16)10-4-5-18-7-12(10)17/h4-8,20H,3H2,1-2H3,(H,19,21). The topological polar surface area (TPSA) is 57.8 Å². The Morgan fingerprint density at radius 1 is 1.52 bits per heavy atom. The average Bonchev–Trinajstić information content (AvgIpc) is 2.81. The fraction of sp³-hybridized carbons (Fsp3) is 0.200. The van der Waals surface area contributed by atoms with Crippen molar-refractivity contribution in [3.05, 3.63) is 52.8 Å². The number of aromatic amines is 1. The Labute approximate surface area is 130 Å². The van der Waals surface area contributed by atoms with Crippen LogP contribution in [0.5, 0.6) is 0 Å². The van der Waals surface area contributed by atoms with Crippen LogP contribution in [0, 0.1) is 11.7 Å². The van der Waals surface area contributed by atoms with Gasteiger partial charge >= 0.3 is 0 Å². The minimum Gasteiger partial charge on any atom is -0.349 e. The summed E-state index contributed by atoms with van der Waals surface area (Å²) < 4.78 is 14.2. The molecular weight excluding hydrogens is 337 g/mol. The molecule has 0 spiro atoms. The van der Waals surface area contributed by atoms with Crippen molar-refractivity contribution in [2.75, 3.05) is 0 Å². The largest absolute Gasteiger partial charge is 0.349 e. The fourth-order valence-electron chi connectivity index (χ4n) is 1.69. The second kappa shape index (κ2) is 6.22. The summed E-state index contributed by atoms with van der Waals surface area (Å²) in [6.45, 7) is 7.68. The van der Waals surface area contributed by atoms with Gasteiger partial charge in [0.2, 0.25) is 0 Å². The van der Waals surface area contributed by atoms with Crippen molar-refractivity contribution in [1.29, 1.82) is 0 Å². The summed E-state index contributed by atoms with van der Waals surface area (Å²) in [5.74, 6) is -0.605. The van der Waals surface area contributed by atoms with Crippen LogP contribution < -0.4 is 5.32 Å². The molecule has 6 heteroatoms. The molecule has 0 fully saturated rings. The van der Waals surface area contributed by atoms with Gasteiger partial charge in [0.25, 0.3) is 5.91 Å². The quantitative estimate of drug-likeness (QED) is 0.878. The van der Waals surface area contributed by atoms with Crippen molar-refractivity contribution >= 4 is 21.8 Å². The molecule has 0 aliphatic carbocycles. The van der Waals surface area contributed by atoms with E-state index in [1.807, 2.05) is 13.8 Å². The molecule has 1 amide bonds. The number of halogens is 2. The second-order valence-corrected chi connectivity index (χ2v) is 5.69. The first-order valence-corrected chi connectivity index (χ1v) is 7.18. The Morgan fingerprint density at radius 2 is 2.24 bits per heavy atom. The molecule has 0 aliphatic rings. The van der Waals surface area contributed by atoms with Crippen molar-refractivity contribution in [2.24, 2.45) is 5.92 Å². The van der Waals surface area contributed by atoms with Gasteiger partial charge in [-0.15, -0.1) is 0 Å². The van der Waals surface area contributed by atoms with Gasteiger partial charge in [-0.05, 0) is 34.0 Å². The van der Waals surface area contributed by atoms with E-state index in [0.717, 1.165) is 6.20 Å². The number of amides is 1. The maximum Gasteiger partial charge on any atom is 0.258 e. The first-order chi connectivity index (χ1) is 9.90. The fourth-order valence-corrected chi connectivity index (χ4v) is 2.20. The van der Waals surface area contributed by atoms with Gasteiger partial charge in [0.05, 0.1) is 22.1 Å². The van der Waals surface area contributed by atoms with E-state index in [4.69, 9.17) is 0 Å². The van der Waals surface area contributed by atoms with Gasteiger partial charge in [-0.3, -0.25) is 9.78 Å². The van der Waals surface area contributed by atoms with E-state index in [-0.39, 0.29) is 11.8 Å². The Balaban J connectivity index is 2.30. The van der Waals surface area contributed by atoms with Crippen LogP contribution in [-0.4, -0.2) is 15.9 Å². The molecule has 2 aromatic rings. The van der Waals surface area contributed by atoms with Crippen LogP contribution >= 0.6 is 15.9 Å². The van der Waals surface area contributed by atoms with Gasteiger partial charge in [0.1, 0.15) is 0 Å². The molecule has 0 atom stereocenters. The number of carbonyl (C=O) groups excluding carboxylic acids is 1. The molecule has 2 heterocycles. The smallest absolute Gasteiger partial charge is 0.258 e. The van der Waals surface area contributed by atoms with Crippen LogP contribution in [-0.2, 0) is 0 Å². The van der Waals surface area contributed by atoms with Gasteiger partial charge in [0, 0.05) is 17.5 Å². The van der Waals surface area contributed by atoms with Crippen molar-refractivity contribution in [2.45, 2.75) is 13.8 Å². The highest BCUT2D eigenvalue weighted by atomic mass is 79.9. The molecule has 2 aromatic heterocycles. The minimum absolute atomic E-state index is 0.142. The number of allylic oxidation sites excluding steroid dienone is 1. The van der Waals surface area contributed by atoms with E-state index in [0.29, 0.717) is 27.1 Å². The van der Waals surface area contributed by atoms with E-state index >= 15 is 0 Å². The van der Waals surface area contributed by atoms with Crippen molar-refractivity contribution in [3.8, 4) is 11.3 Å². The molecule has 0 radical (unpaired) electrons. The Bertz CT molecular complexity index is 694. The van der Waals surface area contributed by atoms with Crippen molar-refractivity contribution in [3.63, 3.8) is 0 Å². The van der Waals surface area contributed by atoms with E-state index in [2.05, 4.69) is 37.8 Å². The first kappa shape index (κ1) is 15.4. The number of carbonyl (C=O) groups is 1. The molecule has 21 heavy (non-hydrogen) atoms. The predicted octanol–water partition coefficient (Wildman–Crippen LogP) is 3.88. The Kier molecular flexibility index (Phi) is 4.57. The molecule has 0 aliphatic heterocycles. The zero-order valence-corrected chi connectivity index (χ0v) is 13.3. The lowest BCUT2D eigenvalue weighted by Gasteiger charge is -2.10. The Morgan fingerprint density at radius 3 is 2.86 bits per heavy atom. The monoisotopic (exact) mass is 351 g/mol. The summed E-state index contributed by atoms with van der Waals surface area (Å²) in [6, 6.07) is 3.13. The van der Waals surface area contributed by atoms with Gasteiger partial charge in [-0.2, -0.15) is 0 Å². The third-order valence-corrected chi connectivity index (χ3v) is 3.67. The highest BCUT2D eigenvalue weighted by Gasteiger charge is 2.17. The number of nitrogens with one attached hydrogen (secondary N) is 2. The van der Waals surface area contributed by atoms with Gasteiger partial charge < -0.3 is 10.3 Å². The number of hydrogen-bond acceptors (Lipinski definition) is 2. The number of hydrogen-bond donors (Lipinski definition) is 2. The molecule has 2 N–H and O–H groups in total.